The number of aliphatic hydroxyl groups excluding tert-OH is 1. The molecule has 178 valence electrons. The first-order valence-corrected chi connectivity index (χ1v) is 11.1. The lowest BCUT2D eigenvalue weighted by Gasteiger charge is -2.63. The molecule has 4 aliphatic rings. The molecule has 5 rings (SSSR count). The summed E-state index contributed by atoms with van der Waals surface area (Å²) in [6.07, 6.45) is 6.05. The van der Waals surface area contributed by atoms with Crippen molar-refractivity contribution in [3.63, 3.8) is 0 Å². The number of anilines is 1. The number of ketones is 1. The van der Waals surface area contributed by atoms with Gasteiger partial charge in [-0.2, -0.15) is 0 Å². The number of aromatic hydroxyl groups is 2. The molecule has 0 aromatic heterocycles. The van der Waals surface area contributed by atoms with E-state index in [4.69, 9.17) is 5.11 Å². The van der Waals surface area contributed by atoms with Gasteiger partial charge in [-0.25, -0.2) is 4.79 Å². The van der Waals surface area contributed by atoms with E-state index in [0.29, 0.717) is 12.8 Å². The molecule has 3 fully saturated rings. The van der Waals surface area contributed by atoms with Gasteiger partial charge in [0.1, 0.15) is 17.0 Å². The number of amides is 1. The highest BCUT2D eigenvalue weighted by Gasteiger charge is 2.63. The lowest BCUT2D eigenvalue weighted by atomic mass is 9.42. The van der Waals surface area contributed by atoms with Crippen molar-refractivity contribution in [3.8, 4) is 11.5 Å². The minimum atomic E-state index is -1.41. The molecule has 5 atom stereocenters. The van der Waals surface area contributed by atoms with Crippen molar-refractivity contribution in [1.29, 1.82) is 0 Å². The van der Waals surface area contributed by atoms with E-state index in [0.717, 1.165) is 25.0 Å². The molecule has 9 nitrogen and oxygen atoms in total. The van der Waals surface area contributed by atoms with Gasteiger partial charge in [0.2, 0.25) is 5.91 Å². The molecule has 0 heterocycles. The van der Waals surface area contributed by atoms with Gasteiger partial charge in [-0.1, -0.05) is 13.0 Å². The summed E-state index contributed by atoms with van der Waals surface area (Å²) in [5.74, 6) is -3.49. The molecule has 1 aromatic carbocycles. The van der Waals surface area contributed by atoms with Crippen LogP contribution in [0.25, 0.3) is 0 Å². The third kappa shape index (κ3) is 3.59. The molecule has 0 aliphatic heterocycles. The Morgan fingerprint density at radius 3 is 2.64 bits per heavy atom. The van der Waals surface area contributed by atoms with E-state index in [1.807, 2.05) is 13.0 Å². The van der Waals surface area contributed by atoms with Crippen LogP contribution in [-0.2, 0) is 9.59 Å². The number of phenols is 2. The number of rotatable bonds is 6. The molecule has 9 heteroatoms. The Balaban J connectivity index is 1.53. The zero-order valence-electron chi connectivity index (χ0n) is 18.4. The quantitative estimate of drug-likeness (QED) is 0.352. The predicted molar refractivity (Wildman–Crippen MR) is 117 cm³/mol. The number of fused-ring (bicyclic) bond motifs is 2. The van der Waals surface area contributed by atoms with Crippen LogP contribution in [-0.4, -0.2) is 55.4 Å². The number of hydrogen-bond acceptors (Lipinski definition) is 7. The SMILES string of the molecule is CC1(CCC(=O)Nc2c(O)ccc(C(=O)O)c2O)C(=O)C=CC23CCC(CC21)C(O)(CO)C3. The van der Waals surface area contributed by atoms with E-state index in [1.54, 1.807) is 0 Å². The molecule has 6 N–H and O–H groups in total. The topological polar surface area (TPSA) is 164 Å². The van der Waals surface area contributed by atoms with E-state index in [1.165, 1.54) is 6.08 Å². The molecule has 1 amide bonds. The summed E-state index contributed by atoms with van der Waals surface area (Å²) in [6, 6.07) is 2.10. The van der Waals surface area contributed by atoms with Gasteiger partial charge in [0, 0.05) is 11.8 Å². The van der Waals surface area contributed by atoms with E-state index in [2.05, 4.69) is 5.32 Å². The largest absolute Gasteiger partial charge is 0.506 e. The van der Waals surface area contributed by atoms with Gasteiger partial charge in [-0.05, 0) is 67.6 Å². The van der Waals surface area contributed by atoms with Gasteiger partial charge in [-0.3, -0.25) is 9.59 Å². The fourth-order valence-corrected chi connectivity index (χ4v) is 6.36. The summed E-state index contributed by atoms with van der Waals surface area (Å²) in [4.78, 5) is 36.9. The number of phenolic OH excluding ortho intramolecular Hbond substituents is 1. The lowest BCUT2D eigenvalue weighted by molar-refractivity contribution is -0.190. The Bertz CT molecular complexity index is 1050. The average molecular weight is 459 g/mol. The highest BCUT2D eigenvalue weighted by molar-refractivity contribution is 6.00. The highest BCUT2D eigenvalue weighted by Crippen LogP contribution is 2.65. The van der Waals surface area contributed by atoms with E-state index < -0.39 is 45.4 Å². The number of carbonyl (C=O) groups excluding carboxylic acids is 2. The van der Waals surface area contributed by atoms with Crippen molar-refractivity contribution in [3.05, 3.63) is 29.8 Å². The van der Waals surface area contributed by atoms with E-state index in [9.17, 15) is 34.8 Å². The van der Waals surface area contributed by atoms with Crippen molar-refractivity contribution in [1.82, 2.24) is 0 Å². The van der Waals surface area contributed by atoms with Gasteiger partial charge in [0.25, 0.3) is 0 Å². The molecule has 4 aliphatic carbocycles. The number of hydrogen-bond donors (Lipinski definition) is 6. The molecule has 5 unspecified atom stereocenters. The second-order valence-corrected chi connectivity index (χ2v) is 10.0. The Hall–Kier alpha value is -2.91. The Kier molecular flexibility index (Phi) is 5.53. The Morgan fingerprint density at radius 2 is 1.97 bits per heavy atom. The summed E-state index contributed by atoms with van der Waals surface area (Å²) in [6.45, 7) is 1.51. The number of allylic oxidation sites excluding steroid dienone is 2. The van der Waals surface area contributed by atoms with Crippen molar-refractivity contribution in [2.45, 2.75) is 51.0 Å². The number of carbonyl (C=O) groups is 3. The maximum absolute atomic E-state index is 13.0. The molecule has 2 bridgehead atoms. The molecular formula is C24H29NO8. The fourth-order valence-electron chi connectivity index (χ4n) is 6.36. The van der Waals surface area contributed by atoms with Gasteiger partial charge in [0.05, 0.1) is 12.2 Å². The first-order chi connectivity index (χ1) is 15.5. The van der Waals surface area contributed by atoms with Crippen LogP contribution in [0.3, 0.4) is 0 Å². The van der Waals surface area contributed by atoms with Crippen LogP contribution < -0.4 is 5.32 Å². The Morgan fingerprint density at radius 1 is 1.24 bits per heavy atom. The zero-order valence-corrected chi connectivity index (χ0v) is 18.4. The third-order valence-electron chi connectivity index (χ3n) is 8.26. The van der Waals surface area contributed by atoms with Crippen molar-refractivity contribution < 1.29 is 39.9 Å². The summed E-state index contributed by atoms with van der Waals surface area (Å²) in [5, 5.41) is 52.3. The normalized spacial score (nSPS) is 34.7. The lowest BCUT2D eigenvalue weighted by Crippen LogP contribution is -2.62. The number of carboxylic acid groups (broad SMARTS) is 1. The number of aromatic carboxylic acids is 1. The molecule has 0 radical (unpaired) electrons. The van der Waals surface area contributed by atoms with Crippen LogP contribution in [0.2, 0.25) is 0 Å². The molecule has 1 aromatic rings. The second kappa shape index (κ2) is 7.85. The molecule has 1 spiro atoms. The minimum absolute atomic E-state index is 0.0852. The van der Waals surface area contributed by atoms with E-state index in [-0.39, 0.29) is 42.8 Å². The first-order valence-electron chi connectivity index (χ1n) is 11.1. The molecule has 3 saturated carbocycles. The number of nitrogens with one attached hydrogen (secondary N) is 1. The summed E-state index contributed by atoms with van der Waals surface area (Å²) >= 11 is 0. The zero-order chi connectivity index (χ0) is 24.2. The van der Waals surface area contributed by atoms with Crippen LogP contribution in [0.15, 0.2) is 24.3 Å². The maximum Gasteiger partial charge on any atom is 0.339 e. The van der Waals surface area contributed by atoms with Crippen molar-refractivity contribution in [2.24, 2.45) is 22.7 Å². The van der Waals surface area contributed by atoms with Crippen LogP contribution in [0.4, 0.5) is 5.69 Å². The van der Waals surface area contributed by atoms with Crippen LogP contribution in [0.5, 0.6) is 11.5 Å². The standard InChI is InChI=1S/C24H29NO8/c1-22(7-6-18(29)25-19-15(27)3-2-14(20(19)30)21(31)32)16-10-13-4-8-23(16,9-5-17(22)28)11-24(13,33)12-26/h2-3,5,9,13,16,26-27,30,33H,4,6-8,10-12H2,1H3,(H,25,29)(H,31,32). The molecule has 0 saturated heterocycles. The van der Waals surface area contributed by atoms with Crippen LogP contribution in [0, 0.1) is 22.7 Å². The van der Waals surface area contributed by atoms with Crippen LogP contribution in [0.1, 0.15) is 55.8 Å². The van der Waals surface area contributed by atoms with Crippen LogP contribution >= 0.6 is 0 Å². The monoisotopic (exact) mass is 459 g/mol. The summed E-state index contributed by atoms with van der Waals surface area (Å²) in [5.41, 5.74) is -3.28. The minimum Gasteiger partial charge on any atom is -0.506 e. The number of carboxylic acids is 1. The van der Waals surface area contributed by atoms with Crippen molar-refractivity contribution >= 4 is 23.3 Å². The predicted octanol–water partition coefficient (Wildman–Crippen LogP) is 2.19. The molecular weight excluding hydrogens is 430 g/mol. The number of aliphatic hydroxyl groups is 2. The van der Waals surface area contributed by atoms with Gasteiger partial charge >= 0.3 is 5.97 Å². The number of benzene rings is 1. The molecule has 33 heavy (non-hydrogen) atoms. The van der Waals surface area contributed by atoms with Gasteiger partial charge < -0.3 is 30.8 Å². The Labute approximate surface area is 190 Å². The average Bonchev–Trinajstić information content (AvgIpc) is 2.78. The summed E-state index contributed by atoms with van der Waals surface area (Å²) in [7, 11) is 0. The third-order valence-corrected chi connectivity index (χ3v) is 8.26. The van der Waals surface area contributed by atoms with Gasteiger partial charge in [0.15, 0.2) is 11.5 Å². The fraction of sp³-hybridized carbons (Fsp3) is 0.542. The van der Waals surface area contributed by atoms with Gasteiger partial charge in [-0.15, -0.1) is 0 Å². The smallest absolute Gasteiger partial charge is 0.339 e. The van der Waals surface area contributed by atoms with E-state index >= 15 is 0 Å². The van der Waals surface area contributed by atoms with Crippen molar-refractivity contribution in [2.75, 3.05) is 11.9 Å². The summed E-state index contributed by atoms with van der Waals surface area (Å²) < 4.78 is 0. The first kappa shape index (κ1) is 23.3. The highest BCUT2D eigenvalue weighted by atomic mass is 16.4. The second-order valence-electron chi connectivity index (χ2n) is 10.0. The maximum atomic E-state index is 13.0.